The van der Waals surface area contributed by atoms with E-state index in [1.165, 1.54) is 37.5 Å². The maximum atomic E-state index is 12.8. The smallest absolute Gasteiger partial charge is 0.263 e. The van der Waals surface area contributed by atoms with Crippen LogP contribution in [0.2, 0.25) is 5.02 Å². The molecule has 1 heterocycles. The van der Waals surface area contributed by atoms with Crippen LogP contribution in [-0.2, 0) is 10.0 Å². The maximum absolute atomic E-state index is 12.8. The largest absolute Gasteiger partial charge is 0.372 e. The van der Waals surface area contributed by atoms with Crippen LogP contribution in [0, 0.1) is 0 Å². The average molecular weight is 470 g/mol. The van der Waals surface area contributed by atoms with E-state index in [1.54, 1.807) is 30.3 Å². The third-order valence-electron chi connectivity index (χ3n) is 5.36. The van der Waals surface area contributed by atoms with Crippen LogP contribution in [0.25, 0.3) is 0 Å². The molecule has 1 fully saturated rings. The molecule has 6 nitrogen and oxygen atoms in total. The number of carbonyl (C=O) groups excluding carboxylic acids is 1. The molecule has 1 amide bonds. The fourth-order valence-corrected chi connectivity index (χ4v) is 5.26. The third-order valence-corrected chi connectivity index (χ3v) is 7.22. The molecular weight excluding hydrogens is 446 g/mol. The summed E-state index contributed by atoms with van der Waals surface area (Å²) in [6, 6.07) is 20.4. The fourth-order valence-electron chi connectivity index (χ4n) is 3.68. The van der Waals surface area contributed by atoms with Crippen LogP contribution in [0.1, 0.15) is 29.6 Å². The van der Waals surface area contributed by atoms with Crippen molar-refractivity contribution in [2.75, 3.05) is 28.0 Å². The van der Waals surface area contributed by atoms with Gasteiger partial charge in [0.05, 0.1) is 5.02 Å². The van der Waals surface area contributed by atoms with Crippen molar-refractivity contribution < 1.29 is 13.2 Å². The first kappa shape index (κ1) is 22.2. The Labute approximate surface area is 193 Å². The van der Waals surface area contributed by atoms with Gasteiger partial charge in [0.15, 0.2) is 0 Å². The molecule has 166 valence electrons. The standard InChI is InChI=1S/C24H24ClN3O3S/c25-22-14-9-18(17-23(22)32(30,31)27-20-7-3-1-4-8-20)24(29)26-19-10-12-21(13-11-19)28-15-5-2-6-16-28/h1,3-4,7-14,17,27H,2,5-6,15-16H2,(H,26,29). The first-order valence-corrected chi connectivity index (χ1v) is 12.3. The van der Waals surface area contributed by atoms with Crippen molar-refractivity contribution >= 4 is 44.6 Å². The summed E-state index contributed by atoms with van der Waals surface area (Å²) in [7, 11) is -3.96. The Balaban J connectivity index is 1.49. The number of para-hydroxylation sites is 1. The number of sulfonamides is 1. The maximum Gasteiger partial charge on any atom is 0.263 e. The summed E-state index contributed by atoms with van der Waals surface area (Å²) in [5.41, 5.74) is 2.38. The summed E-state index contributed by atoms with van der Waals surface area (Å²) in [4.78, 5) is 15.0. The van der Waals surface area contributed by atoms with E-state index in [1.807, 2.05) is 24.3 Å². The molecule has 8 heteroatoms. The van der Waals surface area contributed by atoms with Crippen molar-refractivity contribution in [3.05, 3.63) is 83.4 Å². The molecule has 1 aliphatic heterocycles. The van der Waals surface area contributed by atoms with Gasteiger partial charge in [-0.15, -0.1) is 0 Å². The molecule has 2 N–H and O–H groups in total. The van der Waals surface area contributed by atoms with Crippen LogP contribution in [0.4, 0.5) is 17.1 Å². The summed E-state index contributed by atoms with van der Waals surface area (Å²) in [5, 5.41) is 2.86. The van der Waals surface area contributed by atoms with Gasteiger partial charge < -0.3 is 10.2 Å². The number of hydrogen-bond acceptors (Lipinski definition) is 4. The summed E-state index contributed by atoms with van der Waals surface area (Å²) in [5.74, 6) is -0.413. The lowest BCUT2D eigenvalue weighted by atomic mass is 10.1. The Kier molecular flexibility index (Phi) is 6.67. The van der Waals surface area contributed by atoms with Gasteiger partial charge in [-0.25, -0.2) is 8.42 Å². The highest BCUT2D eigenvalue weighted by molar-refractivity contribution is 7.92. The molecule has 0 saturated carbocycles. The van der Waals surface area contributed by atoms with Gasteiger partial charge in [0.25, 0.3) is 15.9 Å². The number of anilines is 3. The lowest BCUT2D eigenvalue weighted by Gasteiger charge is -2.28. The van der Waals surface area contributed by atoms with Crippen LogP contribution in [0.5, 0.6) is 0 Å². The van der Waals surface area contributed by atoms with E-state index >= 15 is 0 Å². The van der Waals surface area contributed by atoms with E-state index in [-0.39, 0.29) is 15.5 Å². The van der Waals surface area contributed by atoms with Crippen LogP contribution in [0.15, 0.2) is 77.7 Å². The predicted octanol–water partition coefficient (Wildman–Crippen LogP) is 5.38. The van der Waals surface area contributed by atoms with Gasteiger partial charge in [-0.1, -0.05) is 29.8 Å². The molecule has 0 aromatic heterocycles. The quantitative estimate of drug-likeness (QED) is 0.507. The van der Waals surface area contributed by atoms with Crippen molar-refractivity contribution in [2.24, 2.45) is 0 Å². The third kappa shape index (κ3) is 5.23. The first-order valence-electron chi connectivity index (χ1n) is 10.5. The number of piperidine rings is 1. The van der Waals surface area contributed by atoms with Crippen molar-refractivity contribution in [3.63, 3.8) is 0 Å². The van der Waals surface area contributed by atoms with E-state index in [0.717, 1.165) is 18.8 Å². The first-order chi connectivity index (χ1) is 15.4. The van der Waals surface area contributed by atoms with Crippen LogP contribution in [0.3, 0.4) is 0 Å². The second kappa shape index (κ2) is 9.63. The number of amides is 1. The van der Waals surface area contributed by atoms with Gasteiger partial charge in [0, 0.05) is 35.7 Å². The number of benzene rings is 3. The summed E-state index contributed by atoms with van der Waals surface area (Å²) in [6.45, 7) is 2.09. The van der Waals surface area contributed by atoms with E-state index in [2.05, 4.69) is 14.9 Å². The van der Waals surface area contributed by atoms with Gasteiger partial charge in [0.2, 0.25) is 0 Å². The van der Waals surface area contributed by atoms with Gasteiger partial charge in [0.1, 0.15) is 4.90 Å². The van der Waals surface area contributed by atoms with E-state index in [0.29, 0.717) is 11.4 Å². The molecule has 3 aromatic carbocycles. The van der Waals surface area contributed by atoms with Crippen LogP contribution in [-0.4, -0.2) is 27.4 Å². The fraction of sp³-hybridized carbons (Fsp3) is 0.208. The topological polar surface area (TPSA) is 78.5 Å². The monoisotopic (exact) mass is 469 g/mol. The van der Waals surface area contributed by atoms with Crippen molar-refractivity contribution in [3.8, 4) is 0 Å². The van der Waals surface area contributed by atoms with Crippen LogP contribution < -0.4 is 14.9 Å². The molecule has 1 aliphatic rings. The zero-order valence-corrected chi connectivity index (χ0v) is 19.0. The molecule has 0 bridgehead atoms. The molecule has 0 spiro atoms. The highest BCUT2D eigenvalue weighted by Gasteiger charge is 2.20. The molecule has 0 aliphatic carbocycles. The number of nitrogens with zero attached hydrogens (tertiary/aromatic N) is 1. The Morgan fingerprint density at radius 3 is 2.22 bits per heavy atom. The van der Waals surface area contributed by atoms with Crippen molar-refractivity contribution in [1.82, 2.24) is 0 Å². The number of hydrogen-bond donors (Lipinski definition) is 2. The van der Waals surface area contributed by atoms with E-state index in [9.17, 15) is 13.2 Å². The SMILES string of the molecule is O=C(Nc1ccc(N2CCCCC2)cc1)c1ccc(Cl)c(S(=O)(=O)Nc2ccccc2)c1. The van der Waals surface area contributed by atoms with Gasteiger partial charge in [-0.2, -0.15) is 0 Å². The number of halogens is 1. The zero-order chi connectivity index (χ0) is 22.6. The minimum atomic E-state index is -3.96. The molecule has 0 atom stereocenters. The summed E-state index contributed by atoms with van der Waals surface area (Å²) >= 11 is 6.15. The summed E-state index contributed by atoms with van der Waals surface area (Å²) in [6.07, 6.45) is 3.66. The molecular formula is C24H24ClN3O3S. The number of rotatable bonds is 6. The Morgan fingerprint density at radius 2 is 1.53 bits per heavy atom. The van der Waals surface area contributed by atoms with Crippen LogP contribution >= 0.6 is 11.6 Å². The minimum Gasteiger partial charge on any atom is -0.372 e. The molecule has 4 rings (SSSR count). The minimum absolute atomic E-state index is 0.0378. The highest BCUT2D eigenvalue weighted by Crippen LogP contribution is 2.26. The Bertz CT molecular complexity index is 1190. The number of carbonyl (C=O) groups is 1. The van der Waals surface area contributed by atoms with Gasteiger partial charge in [-0.3, -0.25) is 9.52 Å². The van der Waals surface area contributed by atoms with E-state index in [4.69, 9.17) is 11.6 Å². The molecule has 32 heavy (non-hydrogen) atoms. The molecule has 3 aromatic rings. The van der Waals surface area contributed by atoms with E-state index < -0.39 is 15.9 Å². The zero-order valence-electron chi connectivity index (χ0n) is 17.4. The molecule has 1 saturated heterocycles. The molecule has 0 radical (unpaired) electrons. The normalized spacial score (nSPS) is 14.1. The lowest BCUT2D eigenvalue weighted by Crippen LogP contribution is -2.29. The number of nitrogens with one attached hydrogen (secondary N) is 2. The second-order valence-corrected chi connectivity index (χ2v) is 9.72. The Morgan fingerprint density at radius 1 is 0.844 bits per heavy atom. The predicted molar refractivity (Wildman–Crippen MR) is 129 cm³/mol. The second-order valence-electron chi connectivity index (χ2n) is 7.67. The highest BCUT2D eigenvalue weighted by atomic mass is 35.5. The summed E-state index contributed by atoms with van der Waals surface area (Å²) < 4.78 is 28.1. The van der Waals surface area contributed by atoms with Gasteiger partial charge >= 0.3 is 0 Å². The van der Waals surface area contributed by atoms with Crippen molar-refractivity contribution in [2.45, 2.75) is 24.2 Å². The molecule has 0 unspecified atom stereocenters. The van der Waals surface area contributed by atoms with Crippen molar-refractivity contribution in [1.29, 1.82) is 0 Å². The lowest BCUT2D eigenvalue weighted by molar-refractivity contribution is 0.102. The Hall–Kier alpha value is -3.03. The average Bonchev–Trinajstić information content (AvgIpc) is 2.80. The van der Waals surface area contributed by atoms with Gasteiger partial charge in [-0.05, 0) is 73.9 Å².